The van der Waals surface area contributed by atoms with E-state index in [9.17, 15) is 13.6 Å². The molecule has 0 aliphatic heterocycles. The highest BCUT2D eigenvalue weighted by Crippen LogP contribution is 2.23. The number of halogens is 2. The summed E-state index contributed by atoms with van der Waals surface area (Å²) in [5.74, 6) is -2.41. The third-order valence-electron chi connectivity index (χ3n) is 4.24. The largest absolute Gasteiger partial charge is 0.388 e. The quantitative estimate of drug-likeness (QED) is 0.534. The number of Topliss-reactive ketones (excluding diaryl/α,β-unsaturated/α-hetero) is 1. The van der Waals surface area contributed by atoms with Crippen molar-refractivity contribution in [3.63, 3.8) is 0 Å². The summed E-state index contributed by atoms with van der Waals surface area (Å²) in [5, 5.41) is 22.6. The van der Waals surface area contributed by atoms with Crippen LogP contribution in [-0.2, 0) is 6.54 Å². The third kappa shape index (κ3) is 3.23. The van der Waals surface area contributed by atoms with E-state index in [1.807, 2.05) is 30.3 Å². The summed E-state index contributed by atoms with van der Waals surface area (Å²) in [6, 6.07) is 11.1. The predicted octanol–water partition coefficient (Wildman–Crippen LogP) is 2.39. The van der Waals surface area contributed by atoms with Gasteiger partial charge in [-0.05, 0) is 28.8 Å². The first-order chi connectivity index (χ1) is 13.6. The van der Waals surface area contributed by atoms with Crippen LogP contribution in [0.15, 0.2) is 48.7 Å². The fraction of sp³-hybridized carbons (Fsp3) is 0.105. The van der Waals surface area contributed by atoms with E-state index in [4.69, 9.17) is 5.11 Å². The van der Waals surface area contributed by atoms with Gasteiger partial charge < -0.3 is 5.11 Å². The molecule has 0 unspecified atom stereocenters. The Labute approximate surface area is 157 Å². The van der Waals surface area contributed by atoms with E-state index in [-0.39, 0.29) is 23.5 Å². The van der Waals surface area contributed by atoms with Gasteiger partial charge in [0, 0.05) is 22.7 Å². The lowest BCUT2D eigenvalue weighted by Crippen LogP contribution is -2.11. The zero-order chi connectivity index (χ0) is 19.7. The molecule has 0 atom stereocenters. The van der Waals surface area contributed by atoms with Crippen LogP contribution in [0.4, 0.5) is 8.78 Å². The molecule has 0 aliphatic rings. The molecular formula is C19H13F2N5O2. The van der Waals surface area contributed by atoms with Gasteiger partial charge in [-0.3, -0.25) is 9.78 Å². The minimum absolute atomic E-state index is 0.227. The molecule has 0 radical (unpaired) electrons. The predicted molar refractivity (Wildman–Crippen MR) is 95.4 cm³/mol. The number of carbonyl (C=O) groups excluding carboxylic acids is 1. The van der Waals surface area contributed by atoms with Gasteiger partial charge in [0.2, 0.25) is 5.82 Å². The summed E-state index contributed by atoms with van der Waals surface area (Å²) >= 11 is 0. The summed E-state index contributed by atoms with van der Waals surface area (Å²) in [6.07, 6.45) is 1.62. The number of nitrogens with zero attached hydrogens (tertiary/aromatic N) is 5. The van der Waals surface area contributed by atoms with Crippen molar-refractivity contribution in [2.45, 2.75) is 6.54 Å². The van der Waals surface area contributed by atoms with Crippen molar-refractivity contribution >= 4 is 16.6 Å². The molecule has 28 heavy (non-hydrogen) atoms. The molecule has 0 saturated carbocycles. The van der Waals surface area contributed by atoms with Crippen molar-refractivity contribution in [3.05, 3.63) is 71.4 Å². The Morgan fingerprint density at radius 3 is 2.61 bits per heavy atom. The lowest BCUT2D eigenvalue weighted by atomic mass is 10.1. The number of aromatic nitrogens is 5. The second-order valence-electron chi connectivity index (χ2n) is 6.02. The number of ketones is 1. The highest BCUT2D eigenvalue weighted by atomic mass is 19.1. The van der Waals surface area contributed by atoms with Gasteiger partial charge in [0.05, 0.1) is 6.54 Å². The lowest BCUT2D eigenvalue weighted by Gasteiger charge is -2.06. The SMILES string of the molecule is O=C(CO)c1cc(F)c(Cn2nnc(-c3nccc4ccccc34)n2)c(F)c1. The van der Waals surface area contributed by atoms with Crippen LogP contribution < -0.4 is 0 Å². The van der Waals surface area contributed by atoms with Crippen LogP contribution in [0.2, 0.25) is 0 Å². The normalized spacial score (nSPS) is 11.1. The third-order valence-corrected chi connectivity index (χ3v) is 4.24. The van der Waals surface area contributed by atoms with Gasteiger partial charge in [0.1, 0.15) is 23.9 Å². The molecule has 0 aliphatic carbocycles. The molecule has 0 spiro atoms. The second-order valence-corrected chi connectivity index (χ2v) is 6.02. The zero-order valence-corrected chi connectivity index (χ0v) is 14.4. The number of benzene rings is 2. The highest BCUT2D eigenvalue weighted by Gasteiger charge is 2.17. The summed E-state index contributed by atoms with van der Waals surface area (Å²) in [4.78, 5) is 16.8. The highest BCUT2D eigenvalue weighted by molar-refractivity contribution is 5.97. The fourth-order valence-corrected chi connectivity index (χ4v) is 2.85. The van der Waals surface area contributed by atoms with E-state index in [0.717, 1.165) is 27.7 Å². The maximum Gasteiger partial charge on any atom is 0.223 e. The molecule has 1 N–H and O–H groups in total. The van der Waals surface area contributed by atoms with Crippen LogP contribution in [0.25, 0.3) is 22.3 Å². The number of hydrogen-bond donors (Lipinski definition) is 1. The van der Waals surface area contributed by atoms with Gasteiger partial charge in [-0.2, -0.15) is 4.80 Å². The first kappa shape index (κ1) is 17.8. The van der Waals surface area contributed by atoms with E-state index in [1.165, 1.54) is 0 Å². The van der Waals surface area contributed by atoms with Crippen molar-refractivity contribution in [3.8, 4) is 11.5 Å². The van der Waals surface area contributed by atoms with Crippen LogP contribution in [0, 0.1) is 11.6 Å². The van der Waals surface area contributed by atoms with Gasteiger partial charge in [-0.15, -0.1) is 10.2 Å². The molecule has 0 saturated heterocycles. The molecule has 140 valence electrons. The van der Waals surface area contributed by atoms with Gasteiger partial charge >= 0.3 is 0 Å². The molecule has 9 heteroatoms. The molecule has 2 heterocycles. The van der Waals surface area contributed by atoms with Crippen molar-refractivity contribution in [1.29, 1.82) is 0 Å². The van der Waals surface area contributed by atoms with E-state index in [0.29, 0.717) is 5.69 Å². The fourth-order valence-electron chi connectivity index (χ4n) is 2.85. The van der Waals surface area contributed by atoms with Crippen LogP contribution in [0.3, 0.4) is 0 Å². The number of fused-ring (bicyclic) bond motifs is 1. The first-order valence-electron chi connectivity index (χ1n) is 8.30. The summed E-state index contributed by atoms with van der Waals surface area (Å²) in [6.45, 7) is -1.15. The summed E-state index contributed by atoms with van der Waals surface area (Å²) in [5.41, 5.74) is -0.0491. The van der Waals surface area contributed by atoms with Gasteiger partial charge in [-0.25, -0.2) is 8.78 Å². The Morgan fingerprint density at radius 1 is 1.11 bits per heavy atom. The van der Waals surface area contributed by atoms with Crippen molar-refractivity contribution in [1.82, 2.24) is 25.2 Å². The number of rotatable bonds is 5. The monoisotopic (exact) mass is 381 g/mol. The topological polar surface area (TPSA) is 93.8 Å². The van der Waals surface area contributed by atoms with Crippen LogP contribution >= 0.6 is 0 Å². The molecule has 7 nitrogen and oxygen atoms in total. The number of tetrazole rings is 1. The zero-order valence-electron chi connectivity index (χ0n) is 14.4. The number of pyridine rings is 1. The van der Waals surface area contributed by atoms with Gasteiger partial charge in [0.15, 0.2) is 5.78 Å². The van der Waals surface area contributed by atoms with E-state index < -0.39 is 24.0 Å². The van der Waals surface area contributed by atoms with Crippen molar-refractivity contribution in [2.24, 2.45) is 0 Å². The molecule has 0 fully saturated rings. The number of aliphatic hydroxyl groups is 1. The minimum Gasteiger partial charge on any atom is -0.388 e. The number of hydrogen-bond acceptors (Lipinski definition) is 6. The van der Waals surface area contributed by atoms with Crippen LogP contribution in [0.1, 0.15) is 15.9 Å². The average molecular weight is 381 g/mol. The summed E-state index contributed by atoms with van der Waals surface area (Å²) < 4.78 is 28.5. The lowest BCUT2D eigenvalue weighted by molar-refractivity contribution is 0.0902. The average Bonchev–Trinajstić information content (AvgIpc) is 3.18. The van der Waals surface area contributed by atoms with Crippen LogP contribution in [-0.4, -0.2) is 42.7 Å². The maximum absolute atomic E-state index is 14.3. The molecule has 4 aromatic rings. The Hall–Kier alpha value is -3.59. The first-order valence-corrected chi connectivity index (χ1v) is 8.30. The van der Waals surface area contributed by atoms with Crippen molar-refractivity contribution in [2.75, 3.05) is 6.61 Å². The molecule has 0 bridgehead atoms. The van der Waals surface area contributed by atoms with Gasteiger partial charge in [-0.1, -0.05) is 24.3 Å². The maximum atomic E-state index is 14.3. The molecule has 2 aromatic heterocycles. The molecular weight excluding hydrogens is 368 g/mol. The van der Waals surface area contributed by atoms with E-state index in [2.05, 4.69) is 20.4 Å². The van der Waals surface area contributed by atoms with E-state index >= 15 is 0 Å². The molecule has 2 aromatic carbocycles. The Morgan fingerprint density at radius 2 is 1.86 bits per heavy atom. The number of aliphatic hydroxyl groups excluding tert-OH is 1. The Bertz CT molecular complexity index is 1160. The second kappa shape index (κ2) is 7.20. The standard InChI is InChI=1S/C19H13F2N5O2/c20-15-7-12(17(28)10-27)8-16(21)14(15)9-26-24-19(23-25-26)18-13-4-2-1-3-11(13)5-6-22-18/h1-8,27H,9-10H2. The van der Waals surface area contributed by atoms with E-state index in [1.54, 1.807) is 6.20 Å². The molecule has 0 amide bonds. The minimum atomic E-state index is -0.932. The van der Waals surface area contributed by atoms with Crippen molar-refractivity contribution < 1.29 is 18.7 Å². The molecule has 4 rings (SSSR count). The Balaban J connectivity index is 1.67. The summed E-state index contributed by atoms with van der Waals surface area (Å²) in [7, 11) is 0. The van der Waals surface area contributed by atoms with Gasteiger partial charge in [0.25, 0.3) is 0 Å². The van der Waals surface area contributed by atoms with Crippen LogP contribution in [0.5, 0.6) is 0 Å². The Kier molecular flexibility index (Phi) is 4.58. The smallest absolute Gasteiger partial charge is 0.223 e. The number of carbonyl (C=O) groups is 1.